The van der Waals surface area contributed by atoms with Crippen LogP contribution in [0.2, 0.25) is 0 Å². The summed E-state index contributed by atoms with van der Waals surface area (Å²) in [5.41, 5.74) is 8.38. The van der Waals surface area contributed by atoms with Crippen LogP contribution in [-0.4, -0.2) is 5.84 Å². The lowest BCUT2D eigenvalue weighted by Crippen LogP contribution is -2.20. The highest BCUT2D eigenvalue weighted by Gasteiger charge is 2.18. The average Bonchev–Trinajstić information content (AvgIpc) is 2.83. The van der Waals surface area contributed by atoms with Crippen LogP contribution in [0.15, 0.2) is 29.3 Å². The number of benzene rings is 1. The summed E-state index contributed by atoms with van der Waals surface area (Å²) in [5.74, 6) is 1.34. The Balaban J connectivity index is 2.14. The van der Waals surface area contributed by atoms with Crippen LogP contribution in [0.5, 0.6) is 0 Å². The van der Waals surface area contributed by atoms with Crippen molar-refractivity contribution in [2.75, 3.05) is 0 Å². The first-order chi connectivity index (χ1) is 7.79. The SMILES string of the molecule is CCc1cccc(N=C(N)C2CCCC2)c1. The van der Waals surface area contributed by atoms with E-state index in [1.165, 1.54) is 31.2 Å². The molecule has 0 amide bonds. The summed E-state index contributed by atoms with van der Waals surface area (Å²) < 4.78 is 0. The zero-order valence-corrected chi connectivity index (χ0v) is 9.95. The molecule has 0 saturated heterocycles. The average molecular weight is 216 g/mol. The number of amidine groups is 1. The molecule has 16 heavy (non-hydrogen) atoms. The predicted molar refractivity (Wildman–Crippen MR) is 69.1 cm³/mol. The molecule has 2 heteroatoms. The highest BCUT2D eigenvalue weighted by molar-refractivity contribution is 5.85. The summed E-state index contributed by atoms with van der Waals surface area (Å²) in [5, 5.41) is 0. The van der Waals surface area contributed by atoms with Crippen LogP contribution in [0.3, 0.4) is 0 Å². The third kappa shape index (κ3) is 2.63. The van der Waals surface area contributed by atoms with Crippen molar-refractivity contribution >= 4 is 11.5 Å². The smallest absolute Gasteiger partial charge is 0.103 e. The van der Waals surface area contributed by atoms with E-state index in [0.717, 1.165) is 17.9 Å². The lowest BCUT2D eigenvalue weighted by atomic mass is 10.1. The fourth-order valence-electron chi connectivity index (χ4n) is 2.31. The van der Waals surface area contributed by atoms with E-state index in [0.29, 0.717) is 5.92 Å². The Morgan fingerprint density at radius 2 is 2.12 bits per heavy atom. The maximum atomic E-state index is 6.05. The minimum absolute atomic E-state index is 0.519. The Labute approximate surface area is 97.6 Å². The molecular formula is C14H20N2. The van der Waals surface area contributed by atoms with Gasteiger partial charge in [-0.15, -0.1) is 0 Å². The van der Waals surface area contributed by atoms with Gasteiger partial charge < -0.3 is 5.73 Å². The monoisotopic (exact) mass is 216 g/mol. The third-order valence-electron chi connectivity index (χ3n) is 3.35. The molecule has 0 bridgehead atoms. The van der Waals surface area contributed by atoms with Crippen LogP contribution in [0.1, 0.15) is 38.2 Å². The van der Waals surface area contributed by atoms with Gasteiger partial charge in [-0.2, -0.15) is 0 Å². The Morgan fingerprint density at radius 3 is 2.81 bits per heavy atom. The number of hydrogen-bond donors (Lipinski definition) is 1. The van der Waals surface area contributed by atoms with Gasteiger partial charge in [0.2, 0.25) is 0 Å². The lowest BCUT2D eigenvalue weighted by Gasteiger charge is -2.08. The van der Waals surface area contributed by atoms with Crippen molar-refractivity contribution in [3.05, 3.63) is 29.8 Å². The van der Waals surface area contributed by atoms with E-state index >= 15 is 0 Å². The molecule has 0 unspecified atom stereocenters. The molecule has 0 atom stereocenters. The van der Waals surface area contributed by atoms with Gasteiger partial charge in [0.1, 0.15) is 5.84 Å². The maximum absolute atomic E-state index is 6.05. The van der Waals surface area contributed by atoms with Crippen molar-refractivity contribution in [2.45, 2.75) is 39.0 Å². The minimum atomic E-state index is 0.519. The van der Waals surface area contributed by atoms with Gasteiger partial charge in [-0.1, -0.05) is 31.9 Å². The largest absolute Gasteiger partial charge is 0.387 e. The zero-order chi connectivity index (χ0) is 11.4. The van der Waals surface area contributed by atoms with Gasteiger partial charge in [0.05, 0.1) is 5.69 Å². The van der Waals surface area contributed by atoms with E-state index in [9.17, 15) is 0 Å². The van der Waals surface area contributed by atoms with Crippen molar-refractivity contribution in [2.24, 2.45) is 16.6 Å². The van der Waals surface area contributed by atoms with E-state index in [4.69, 9.17) is 5.73 Å². The van der Waals surface area contributed by atoms with E-state index in [-0.39, 0.29) is 0 Å². The highest BCUT2D eigenvalue weighted by atomic mass is 14.9. The first-order valence-electron chi connectivity index (χ1n) is 6.22. The number of hydrogen-bond acceptors (Lipinski definition) is 1. The highest BCUT2D eigenvalue weighted by Crippen LogP contribution is 2.26. The van der Waals surface area contributed by atoms with Gasteiger partial charge in [0, 0.05) is 5.92 Å². The van der Waals surface area contributed by atoms with Crippen molar-refractivity contribution in [1.82, 2.24) is 0 Å². The predicted octanol–water partition coefficient (Wildman–Crippen LogP) is 3.43. The molecule has 0 aliphatic heterocycles. The first kappa shape index (κ1) is 11.2. The Morgan fingerprint density at radius 1 is 1.38 bits per heavy atom. The van der Waals surface area contributed by atoms with Gasteiger partial charge in [-0.3, -0.25) is 0 Å². The summed E-state index contributed by atoms with van der Waals surface area (Å²) in [7, 11) is 0. The van der Waals surface area contributed by atoms with Crippen LogP contribution in [0.25, 0.3) is 0 Å². The molecule has 1 saturated carbocycles. The van der Waals surface area contributed by atoms with Crippen molar-refractivity contribution < 1.29 is 0 Å². The molecule has 2 N–H and O–H groups in total. The van der Waals surface area contributed by atoms with Crippen molar-refractivity contribution in [3.63, 3.8) is 0 Å². The summed E-state index contributed by atoms with van der Waals surface area (Å²) in [6, 6.07) is 8.34. The molecule has 0 aromatic heterocycles. The van der Waals surface area contributed by atoms with Crippen LogP contribution in [0.4, 0.5) is 5.69 Å². The second-order valence-electron chi connectivity index (χ2n) is 4.54. The fourth-order valence-corrected chi connectivity index (χ4v) is 2.31. The maximum Gasteiger partial charge on any atom is 0.103 e. The van der Waals surface area contributed by atoms with E-state index in [1.54, 1.807) is 0 Å². The number of aryl methyl sites for hydroxylation is 1. The number of nitrogens with two attached hydrogens (primary N) is 1. The standard InChI is InChI=1S/C14H20N2/c1-2-11-6-5-9-13(10-11)16-14(15)12-7-3-4-8-12/h5-6,9-10,12H,2-4,7-8H2,1H3,(H2,15,16). The van der Waals surface area contributed by atoms with E-state index in [2.05, 4.69) is 30.1 Å². The molecule has 2 nitrogen and oxygen atoms in total. The number of rotatable bonds is 3. The van der Waals surface area contributed by atoms with Gasteiger partial charge in [0.15, 0.2) is 0 Å². The fraction of sp³-hybridized carbons (Fsp3) is 0.500. The second kappa shape index (κ2) is 5.15. The number of nitrogens with zero attached hydrogens (tertiary/aromatic N) is 1. The molecule has 2 rings (SSSR count). The molecule has 0 heterocycles. The Kier molecular flexibility index (Phi) is 3.60. The normalized spacial score (nSPS) is 17.9. The second-order valence-corrected chi connectivity index (χ2v) is 4.54. The summed E-state index contributed by atoms with van der Waals surface area (Å²) >= 11 is 0. The molecule has 1 aliphatic carbocycles. The molecule has 86 valence electrons. The molecule has 1 fully saturated rings. The van der Waals surface area contributed by atoms with Crippen molar-refractivity contribution in [3.8, 4) is 0 Å². The van der Waals surface area contributed by atoms with E-state index in [1.807, 2.05) is 6.07 Å². The molecule has 1 aliphatic rings. The van der Waals surface area contributed by atoms with Gasteiger partial charge >= 0.3 is 0 Å². The van der Waals surface area contributed by atoms with Crippen molar-refractivity contribution in [1.29, 1.82) is 0 Å². The van der Waals surface area contributed by atoms with Crippen LogP contribution >= 0.6 is 0 Å². The van der Waals surface area contributed by atoms with Crippen LogP contribution in [0, 0.1) is 5.92 Å². The molecule has 1 aromatic carbocycles. The quantitative estimate of drug-likeness (QED) is 0.610. The topological polar surface area (TPSA) is 38.4 Å². The zero-order valence-electron chi connectivity index (χ0n) is 9.95. The summed E-state index contributed by atoms with van der Waals surface area (Å²) in [6.07, 6.45) is 6.07. The summed E-state index contributed by atoms with van der Waals surface area (Å²) in [4.78, 5) is 4.54. The molecule has 0 radical (unpaired) electrons. The molecule has 1 aromatic rings. The van der Waals surface area contributed by atoms with Gasteiger partial charge in [0.25, 0.3) is 0 Å². The Hall–Kier alpha value is -1.31. The van der Waals surface area contributed by atoms with Gasteiger partial charge in [-0.05, 0) is 37.0 Å². The lowest BCUT2D eigenvalue weighted by molar-refractivity contribution is 0.722. The summed E-state index contributed by atoms with van der Waals surface area (Å²) in [6.45, 7) is 2.16. The van der Waals surface area contributed by atoms with E-state index < -0.39 is 0 Å². The number of aliphatic imine (C=N–C) groups is 1. The molecular weight excluding hydrogens is 196 g/mol. The first-order valence-corrected chi connectivity index (χ1v) is 6.22. The molecule has 0 spiro atoms. The van der Waals surface area contributed by atoms with Crippen LogP contribution in [-0.2, 0) is 6.42 Å². The third-order valence-corrected chi connectivity index (χ3v) is 3.35. The Bertz CT molecular complexity index is 376. The van der Waals surface area contributed by atoms with Gasteiger partial charge in [-0.25, -0.2) is 4.99 Å². The minimum Gasteiger partial charge on any atom is -0.387 e. The van der Waals surface area contributed by atoms with Crippen LogP contribution < -0.4 is 5.73 Å².